The van der Waals surface area contributed by atoms with E-state index in [-0.39, 0.29) is 31.0 Å². The van der Waals surface area contributed by atoms with E-state index in [2.05, 4.69) is 4.90 Å². The van der Waals surface area contributed by atoms with Crippen molar-refractivity contribution >= 4 is 40.1 Å². The molecule has 0 amide bonds. The number of ether oxygens (including phenoxy) is 3. The summed E-state index contributed by atoms with van der Waals surface area (Å²) in [6, 6.07) is 26.6. The lowest BCUT2D eigenvalue weighted by atomic mass is 10.0. The summed E-state index contributed by atoms with van der Waals surface area (Å²) in [5, 5.41) is 1.27. The largest absolute Gasteiger partial charge is 0.489 e. The van der Waals surface area contributed by atoms with Crippen LogP contribution in [0.1, 0.15) is 38.3 Å². The minimum absolute atomic E-state index is 0.0173. The Morgan fingerprint density at radius 2 is 1.69 bits per heavy atom. The van der Waals surface area contributed by atoms with Crippen molar-refractivity contribution in [1.29, 1.82) is 0 Å². The Morgan fingerprint density at radius 1 is 0.933 bits per heavy atom. The molecule has 0 radical (unpaired) electrons. The van der Waals surface area contributed by atoms with Gasteiger partial charge < -0.3 is 19.1 Å². The van der Waals surface area contributed by atoms with Crippen LogP contribution in [-0.4, -0.2) is 42.7 Å². The number of carbonyl (C=O) groups is 2. The number of halogens is 1. The number of fused-ring (bicyclic) bond motifs is 2. The fourth-order valence-electron chi connectivity index (χ4n) is 5.93. The van der Waals surface area contributed by atoms with Gasteiger partial charge in [-0.2, -0.15) is 0 Å². The first kappa shape index (κ1) is 30.3. The summed E-state index contributed by atoms with van der Waals surface area (Å²) in [6.07, 6.45) is -0.117. The predicted molar refractivity (Wildman–Crippen MR) is 177 cm³/mol. The van der Waals surface area contributed by atoms with Gasteiger partial charge in [-0.15, -0.1) is 0 Å². The molecule has 7 nitrogen and oxygen atoms in total. The molecule has 0 unspecified atom stereocenters. The molecule has 1 aliphatic rings. The van der Waals surface area contributed by atoms with E-state index in [1.807, 2.05) is 101 Å². The number of hydrogen-bond donors (Lipinski definition) is 0. The minimum Gasteiger partial charge on any atom is -0.489 e. The molecule has 1 aromatic heterocycles. The summed E-state index contributed by atoms with van der Waals surface area (Å²) < 4.78 is 19.6. The number of carbonyl (C=O) groups excluding carboxylic acids is 2. The van der Waals surface area contributed by atoms with Crippen LogP contribution >= 0.6 is 11.6 Å². The molecule has 1 aliphatic heterocycles. The van der Waals surface area contributed by atoms with Gasteiger partial charge in [-0.05, 0) is 85.5 Å². The van der Waals surface area contributed by atoms with Crippen LogP contribution < -0.4 is 14.4 Å². The number of hydrogen-bond acceptors (Lipinski definition) is 6. The van der Waals surface area contributed by atoms with Crippen LogP contribution in [0.3, 0.4) is 0 Å². The highest BCUT2D eigenvalue weighted by atomic mass is 35.5. The zero-order valence-electron chi connectivity index (χ0n) is 25.8. The fourth-order valence-corrected chi connectivity index (χ4v) is 6.10. The van der Waals surface area contributed by atoms with E-state index in [1.54, 1.807) is 16.7 Å². The second kappa shape index (κ2) is 12.7. The van der Waals surface area contributed by atoms with Crippen LogP contribution in [0.25, 0.3) is 10.9 Å². The maximum Gasteiger partial charge on any atom is 0.310 e. The lowest BCUT2D eigenvalue weighted by Gasteiger charge is -2.33. The molecule has 8 heteroatoms. The van der Waals surface area contributed by atoms with Crippen molar-refractivity contribution in [3.63, 3.8) is 0 Å². The quantitative estimate of drug-likeness (QED) is 0.167. The first-order valence-corrected chi connectivity index (χ1v) is 15.3. The topological polar surface area (TPSA) is 70.0 Å². The number of nitrogens with zero attached hydrogens (tertiary/aromatic N) is 2. The normalized spacial score (nSPS) is 14.2. The van der Waals surface area contributed by atoms with Gasteiger partial charge >= 0.3 is 5.97 Å². The Bertz CT molecular complexity index is 1900. The molecule has 0 spiro atoms. The average Bonchev–Trinajstić information content (AvgIpc) is 3.30. The van der Waals surface area contributed by atoms with E-state index < -0.39 is 0 Å². The summed E-state index contributed by atoms with van der Waals surface area (Å²) in [4.78, 5) is 29.3. The highest BCUT2D eigenvalue weighted by Gasteiger charge is 2.26. The van der Waals surface area contributed by atoms with E-state index in [0.717, 1.165) is 33.5 Å². The van der Waals surface area contributed by atoms with Crippen molar-refractivity contribution < 1.29 is 23.8 Å². The van der Waals surface area contributed by atoms with Crippen LogP contribution in [0, 0.1) is 20.8 Å². The van der Waals surface area contributed by atoms with Gasteiger partial charge in [0.2, 0.25) is 0 Å². The molecule has 45 heavy (non-hydrogen) atoms. The zero-order valence-corrected chi connectivity index (χ0v) is 26.6. The lowest BCUT2D eigenvalue weighted by molar-refractivity contribution is -0.144. The summed E-state index contributed by atoms with van der Waals surface area (Å²) in [6.45, 7) is 6.95. The average molecular weight is 623 g/mol. The molecule has 0 bridgehead atoms. The maximum absolute atomic E-state index is 14.2. The van der Waals surface area contributed by atoms with Gasteiger partial charge in [0.15, 0.2) is 0 Å². The molecule has 6 rings (SSSR count). The molecular weight excluding hydrogens is 588 g/mol. The molecular formula is C37H35ClN2O5. The summed E-state index contributed by atoms with van der Waals surface area (Å²) in [5.74, 6) is 0.980. The summed E-state index contributed by atoms with van der Waals surface area (Å²) in [7, 11) is 2.05. The molecule has 0 saturated carbocycles. The second-order valence-corrected chi connectivity index (χ2v) is 12.0. The lowest BCUT2D eigenvalue weighted by Crippen LogP contribution is -2.41. The van der Waals surface area contributed by atoms with Gasteiger partial charge in [-0.25, -0.2) is 0 Å². The van der Waals surface area contributed by atoms with Gasteiger partial charge in [0, 0.05) is 28.7 Å². The Morgan fingerprint density at radius 3 is 2.49 bits per heavy atom. The van der Waals surface area contributed by atoms with Gasteiger partial charge in [-0.1, -0.05) is 54.1 Å². The SMILES string of the molecule is Cc1cc(C(=O)n2c(C)c(CC(=O)OCc3ccccc3)c3cc(Cl)ccc32)c(C)cc1OC[C@@H]1CN(C)c2ccccc2O1. The van der Waals surface area contributed by atoms with Gasteiger partial charge in [0.05, 0.1) is 24.2 Å². The highest BCUT2D eigenvalue weighted by molar-refractivity contribution is 6.31. The van der Waals surface area contributed by atoms with Crippen molar-refractivity contribution in [3.8, 4) is 11.5 Å². The predicted octanol–water partition coefficient (Wildman–Crippen LogP) is 7.47. The highest BCUT2D eigenvalue weighted by Crippen LogP contribution is 2.34. The van der Waals surface area contributed by atoms with E-state index in [1.165, 1.54) is 0 Å². The van der Waals surface area contributed by atoms with Crippen molar-refractivity contribution in [2.75, 3.05) is 25.1 Å². The Balaban J connectivity index is 1.22. The molecule has 230 valence electrons. The number of benzene rings is 4. The number of aromatic nitrogens is 1. The standard InChI is InChI=1S/C37H35ClN2O5/c1-23-17-35(43-22-28-20-39(4)33-12-8-9-13-34(33)45-28)24(2)16-29(23)37(42)40-25(3)30(31-18-27(38)14-15-32(31)40)19-36(41)44-21-26-10-6-5-7-11-26/h5-18,28H,19-22H2,1-4H3/t28-/m0/s1. The van der Waals surface area contributed by atoms with E-state index in [0.29, 0.717) is 46.3 Å². The molecule has 5 aromatic rings. The van der Waals surface area contributed by atoms with Crippen molar-refractivity contribution in [2.45, 2.75) is 39.9 Å². The zero-order chi connectivity index (χ0) is 31.7. The first-order chi connectivity index (χ1) is 21.7. The number of anilines is 1. The van der Waals surface area contributed by atoms with E-state index >= 15 is 0 Å². The number of rotatable bonds is 8. The van der Waals surface area contributed by atoms with Gasteiger partial charge in [0.1, 0.15) is 30.8 Å². The minimum atomic E-state index is -0.376. The van der Waals surface area contributed by atoms with Crippen LogP contribution in [0.15, 0.2) is 84.9 Å². The van der Waals surface area contributed by atoms with Gasteiger partial charge in [-0.3, -0.25) is 14.2 Å². The van der Waals surface area contributed by atoms with Crippen LogP contribution in [-0.2, 0) is 22.6 Å². The number of likely N-dealkylation sites (N-methyl/N-ethyl adjacent to an activating group) is 1. The van der Waals surface area contributed by atoms with Crippen molar-refractivity contribution in [1.82, 2.24) is 4.57 Å². The summed E-state index contributed by atoms with van der Waals surface area (Å²) >= 11 is 6.37. The Labute approximate surface area is 267 Å². The van der Waals surface area contributed by atoms with Crippen molar-refractivity contribution in [2.24, 2.45) is 0 Å². The van der Waals surface area contributed by atoms with Gasteiger partial charge in [0.25, 0.3) is 5.91 Å². The monoisotopic (exact) mass is 622 g/mol. The third-order valence-corrected chi connectivity index (χ3v) is 8.52. The Kier molecular flexibility index (Phi) is 8.55. The van der Waals surface area contributed by atoms with E-state index in [9.17, 15) is 9.59 Å². The molecule has 0 N–H and O–H groups in total. The van der Waals surface area contributed by atoms with Crippen LogP contribution in [0.4, 0.5) is 5.69 Å². The number of esters is 1. The van der Waals surface area contributed by atoms with Crippen LogP contribution in [0.5, 0.6) is 11.5 Å². The Hall–Kier alpha value is -4.75. The molecule has 4 aromatic carbocycles. The first-order valence-electron chi connectivity index (χ1n) is 14.9. The molecule has 1 atom stereocenters. The second-order valence-electron chi connectivity index (χ2n) is 11.5. The smallest absolute Gasteiger partial charge is 0.310 e. The van der Waals surface area contributed by atoms with E-state index in [4.69, 9.17) is 25.8 Å². The van der Waals surface area contributed by atoms with Crippen molar-refractivity contribution in [3.05, 3.63) is 123 Å². The van der Waals surface area contributed by atoms with Crippen LogP contribution in [0.2, 0.25) is 5.02 Å². The third kappa shape index (κ3) is 6.26. The number of aryl methyl sites for hydroxylation is 2. The molecule has 0 fully saturated rings. The molecule has 0 saturated heterocycles. The fraction of sp³-hybridized carbons (Fsp3) is 0.243. The third-order valence-electron chi connectivity index (χ3n) is 8.29. The number of para-hydroxylation sites is 2. The maximum atomic E-state index is 14.2. The molecule has 0 aliphatic carbocycles. The summed E-state index contributed by atoms with van der Waals surface area (Å²) in [5.41, 5.74) is 6.22. The molecule has 2 heterocycles.